The number of nitrogens with zero attached hydrogens (tertiary/aromatic N) is 2. The number of ether oxygens (including phenoxy) is 1. The van der Waals surface area contributed by atoms with Crippen molar-refractivity contribution < 1.29 is 14.3 Å². The van der Waals surface area contributed by atoms with Gasteiger partial charge in [0, 0.05) is 36.9 Å². The molecule has 2 aliphatic rings. The zero-order chi connectivity index (χ0) is 18.2. The molecule has 25 heavy (non-hydrogen) atoms. The van der Waals surface area contributed by atoms with E-state index in [1.54, 1.807) is 0 Å². The molecule has 3 rings (SSSR count). The zero-order valence-corrected chi connectivity index (χ0v) is 15.6. The quantitative estimate of drug-likeness (QED) is 0.894. The Balaban J connectivity index is 1.55. The summed E-state index contributed by atoms with van der Waals surface area (Å²) in [5.41, 5.74) is 0.691. The van der Waals surface area contributed by atoms with Crippen molar-refractivity contribution in [3.8, 4) is 0 Å². The summed E-state index contributed by atoms with van der Waals surface area (Å²) in [7, 11) is 0. The van der Waals surface area contributed by atoms with E-state index in [1.165, 1.54) is 5.69 Å². The van der Waals surface area contributed by atoms with E-state index in [0.29, 0.717) is 6.42 Å². The van der Waals surface area contributed by atoms with Gasteiger partial charge in [-0.05, 0) is 59.1 Å². The van der Waals surface area contributed by atoms with Gasteiger partial charge in [-0.2, -0.15) is 0 Å². The molecule has 3 unspecified atom stereocenters. The number of rotatable bonds is 2. The highest BCUT2D eigenvalue weighted by atomic mass is 16.6. The van der Waals surface area contributed by atoms with Crippen molar-refractivity contribution in [2.24, 2.45) is 5.92 Å². The molecule has 1 aromatic heterocycles. The SMILES string of the molecule is CC1c2cccn2CCN1C(=O)C1CCC(NC(=O)OC(C)(C)C)C1. The number of hydrogen-bond acceptors (Lipinski definition) is 3. The standard InChI is InChI=1S/C19H29N3O3/c1-13-16-6-5-9-21(16)10-11-22(13)17(23)14-7-8-15(12-14)20-18(24)25-19(2,3)4/h5-6,9,13-15H,7-8,10-12H2,1-4H3,(H,20,24). The van der Waals surface area contributed by atoms with E-state index in [1.807, 2.05) is 31.7 Å². The molecule has 2 heterocycles. The third-order valence-electron chi connectivity index (χ3n) is 5.13. The highest BCUT2D eigenvalue weighted by Gasteiger charge is 2.37. The second kappa shape index (κ2) is 6.73. The summed E-state index contributed by atoms with van der Waals surface area (Å²) in [6.07, 6.45) is 4.03. The second-order valence-electron chi connectivity index (χ2n) is 8.19. The minimum atomic E-state index is -0.504. The van der Waals surface area contributed by atoms with Crippen LogP contribution in [0.5, 0.6) is 0 Å². The molecule has 1 fully saturated rings. The van der Waals surface area contributed by atoms with E-state index >= 15 is 0 Å². The van der Waals surface area contributed by atoms with Crippen LogP contribution in [-0.4, -0.2) is 39.7 Å². The van der Waals surface area contributed by atoms with Crippen LogP contribution in [0.3, 0.4) is 0 Å². The van der Waals surface area contributed by atoms with Crippen LogP contribution < -0.4 is 5.32 Å². The lowest BCUT2D eigenvalue weighted by molar-refractivity contribution is -0.138. The number of hydrogen-bond donors (Lipinski definition) is 1. The molecular formula is C19H29N3O3. The molecular weight excluding hydrogens is 318 g/mol. The first-order valence-corrected chi connectivity index (χ1v) is 9.19. The molecule has 0 radical (unpaired) electrons. The molecule has 3 atom stereocenters. The van der Waals surface area contributed by atoms with Gasteiger partial charge in [-0.1, -0.05) is 0 Å². The highest BCUT2D eigenvalue weighted by molar-refractivity contribution is 5.80. The molecule has 6 heteroatoms. The van der Waals surface area contributed by atoms with E-state index < -0.39 is 11.7 Å². The van der Waals surface area contributed by atoms with Crippen LogP contribution in [0, 0.1) is 5.92 Å². The highest BCUT2D eigenvalue weighted by Crippen LogP contribution is 2.32. The maximum absolute atomic E-state index is 13.0. The molecule has 2 amide bonds. The molecule has 0 aromatic carbocycles. The van der Waals surface area contributed by atoms with Gasteiger partial charge in [0.15, 0.2) is 0 Å². The van der Waals surface area contributed by atoms with Crippen LogP contribution in [0.15, 0.2) is 18.3 Å². The summed E-state index contributed by atoms with van der Waals surface area (Å²) in [6.45, 7) is 9.24. The van der Waals surface area contributed by atoms with Gasteiger partial charge in [-0.25, -0.2) is 4.79 Å². The van der Waals surface area contributed by atoms with E-state index in [0.717, 1.165) is 25.9 Å². The Morgan fingerprint density at radius 1 is 1.24 bits per heavy atom. The van der Waals surface area contributed by atoms with E-state index in [2.05, 4.69) is 29.1 Å². The fourth-order valence-electron chi connectivity index (χ4n) is 3.93. The first-order valence-electron chi connectivity index (χ1n) is 9.19. The lowest BCUT2D eigenvalue weighted by Crippen LogP contribution is -2.43. The maximum atomic E-state index is 13.0. The number of amides is 2. The number of nitrogens with one attached hydrogen (secondary N) is 1. The Hall–Kier alpha value is -1.98. The number of carbonyl (C=O) groups excluding carboxylic acids is 2. The number of aromatic nitrogens is 1. The van der Waals surface area contributed by atoms with Gasteiger partial charge in [-0.3, -0.25) is 4.79 Å². The Bertz CT molecular complexity index is 647. The molecule has 0 saturated heterocycles. The third-order valence-corrected chi connectivity index (χ3v) is 5.13. The van der Waals surface area contributed by atoms with Crippen LogP contribution in [-0.2, 0) is 16.1 Å². The predicted octanol–water partition coefficient (Wildman–Crippen LogP) is 3.08. The smallest absolute Gasteiger partial charge is 0.407 e. The van der Waals surface area contributed by atoms with Crippen LogP contribution in [0.25, 0.3) is 0 Å². The lowest BCUT2D eigenvalue weighted by atomic mass is 10.0. The molecule has 0 spiro atoms. The predicted molar refractivity (Wildman–Crippen MR) is 95.1 cm³/mol. The first kappa shape index (κ1) is 17.8. The summed E-state index contributed by atoms with van der Waals surface area (Å²) in [5, 5.41) is 2.91. The van der Waals surface area contributed by atoms with Gasteiger partial charge in [0.1, 0.15) is 5.60 Å². The fourth-order valence-corrected chi connectivity index (χ4v) is 3.93. The monoisotopic (exact) mass is 347 g/mol. The summed E-state index contributed by atoms with van der Waals surface area (Å²) < 4.78 is 7.53. The van der Waals surface area contributed by atoms with Gasteiger partial charge in [0.25, 0.3) is 0 Å². The van der Waals surface area contributed by atoms with Crippen molar-refractivity contribution in [3.63, 3.8) is 0 Å². The largest absolute Gasteiger partial charge is 0.444 e. The summed E-state index contributed by atoms with van der Waals surface area (Å²) in [5.74, 6) is 0.206. The van der Waals surface area contributed by atoms with Crippen LogP contribution in [0.1, 0.15) is 58.7 Å². The van der Waals surface area contributed by atoms with Crippen molar-refractivity contribution in [1.82, 2.24) is 14.8 Å². The van der Waals surface area contributed by atoms with Crippen molar-refractivity contribution >= 4 is 12.0 Å². The van der Waals surface area contributed by atoms with Crippen molar-refractivity contribution in [3.05, 3.63) is 24.0 Å². The van der Waals surface area contributed by atoms with Gasteiger partial charge < -0.3 is 19.5 Å². The average molecular weight is 347 g/mol. The molecule has 1 aliphatic carbocycles. The third kappa shape index (κ3) is 3.99. The average Bonchev–Trinajstić information content (AvgIpc) is 3.14. The molecule has 1 aliphatic heterocycles. The van der Waals surface area contributed by atoms with Crippen molar-refractivity contribution in [1.29, 1.82) is 0 Å². The Labute approximate surface area is 149 Å². The summed E-state index contributed by atoms with van der Waals surface area (Å²) in [6, 6.07) is 4.25. The minimum absolute atomic E-state index is 0.0103. The topological polar surface area (TPSA) is 63.6 Å². The summed E-state index contributed by atoms with van der Waals surface area (Å²) in [4.78, 5) is 26.9. The van der Waals surface area contributed by atoms with Crippen molar-refractivity contribution in [2.45, 2.75) is 71.2 Å². The Kier molecular flexibility index (Phi) is 4.80. The van der Waals surface area contributed by atoms with Crippen LogP contribution in [0.2, 0.25) is 0 Å². The van der Waals surface area contributed by atoms with Crippen LogP contribution in [0.4, 0.5) is 4.79 Å². The molecule has 1 saturated carbocycles. The van der Waals surface area contributed by atoms with Gasteiger partial charge >= 0.3 is 6.09 Å². The second-order valence-corrected chi connectivity index (χ2v) is 8.19. The minimum Gasteiger partial charge on any atom is -0.444 e. The normalized spacial score (nSPS) is 26.2. The lowest BCUT2D eigenvalue weighted by Gasteiger charge is -2.36. The summed E-state index contributed by atoms with van der Waals surface area (Å²) >= 11 is 0. The van der Waals surface area contributed by atoms with Gasteiger partial charge in [0.05, 0.1) is 6.04 Å². The first-order chi connectivity index (χ1) is 11.7. The molecule has 1 aromatic rings. The van der Waals surface area contributed by atoms with E-state index in [4.69, 9.17) is 4.74 Å². The van der Waals surface area contributed by atoms with Crippen molar-refractivity contribution in [2.75, 3.05) is 6.54 Å². The maximum Gasteiger partial charge on any atom is 0.407 e. The Morgan fingerprint density at radius 3 is 2.72 bits per heavy atom. The van der Waals surface area contributed by atoms with E-state index in [9.17, 15) is 9.59 Å². The zero-order valence-electron chi connectivity index (χ0n) is 15.6. The number of alkyl carbamates (subject to hydrolysis) is 1. The van der Waals surface area contributed by atoms with Crippen LogP contribution >= 0.6 is 0 Å². The molecule has 1 N–H and O–H groups in total. The fraction of sp³-hybridized carbons (Fsp3) is 0.684. The number of carbonyl (C=O) groups is 2. The number of fused-ring (bicyclic) bond motifs is 1. The molecule has 6 nitrogen and oxygen atoms in total. The van der Waals surface area contributed by atoms with Gasteiger partial charge in [0.2, 0.25) is 5.91 Å². The molecule has 0 bridgehead atoms. The van der Waals surface area contributed by atoms with E-state index in [-0.39, 0.29) is 23.9 Å². The van der Waals surface area contributed by atoms with Gasteiger partial charge in [-0.15, -0.1) is 0 Å². The Morgan fingerprint density at radius 2 is 2.00 bits per heavy atom. The molecule has 138 valence electrons.